The van der Waals surface area contributed by atoms with Gasteiger partial charge in [-0.25, -0.2) is 0 Å². The van der Waals surface area contributed by atoms with Crippen molar-refractivity contribution in [2.75, 3.05) is 33.9 Å². The highest BCUT2D eigenvalue weighted by atomic mass is 32.2. The van der Waals surface area contributed by atoms with Crippen molar-refractivity contribution in [2.24, 2.45) is 4.99 Å². The number of nitrogens with one attached hydrogen (secondary N) is 2. The van der Waals surface area contributed by atoms with Crippen LogP contribution in [0.2, 0.25) is 0 Å². The first kappa shape index (κ1) is 19.6. The summed E-state index contributed by atoms with van der Waals surface area (Å²) in [6.07, 6.45) is 6.74. The molecule has 0 bridgehead atoms. The Bertz CT molecular complexity index is 603. The monoisotopic (exact) mass is 362 g/mol. The molecule has 2 atom stereocenters. The van der Waals surface area contributed by atoms with Crippen molar-refractivity contribution in [2.45, 2.75) is 37.0 Å². The number of carbonyl (C=O) groups excluding carboxylic acids is 1. The summed E-state index contributed by atoms with van der Waals surface area (Å²) in [6.45, 7) is 0.790. The van der Waals surface area contributed by atoms with Crippen LogP contribution in [-0.4, -0.2) is 62.0 Å². The standard InChI is InChI=1S/C19H30N4OS/c1-20-19(22-16-8-9-17(13-16)25-4)21-11-10-14-6-5-7-15(12-14)18(24)23(2)3/h5-7,12,16-17H,8-11,13H2,1-4H3,(H2,20,21,22). The average molecular weight is 363 g/mol. The van der Waals surface area contributed by atoms with E-state index < -0.39 is 0 Å². The van der Waals surface area contributed by atoms with E-state index in [1.807, 2.05) is 37.0 Å². The Morgan fingerprint density at radius 1 is 1.36 bits per heavy atom. The predicted molar refractivity (Wildman–Crippen MR) is 108 cm³/mol. The number of hydrogen-bond acceptors (Lipinski definition) is 3. The lowest BCUT2D eigenvalue weighted by Gasteiger charge is -2.17. The summed E-state index contributed by atoms with van der Waals surface area (Å²) in [4.78, 5) is 18.0. The molecule has 1 aliphatic carbocycles. The van der Waals surface area contributed by atoms with E-state index in [0.717, 1.165) is 35.3 Å². The summed E-state index contributed by atoms with van der Waals surface area (Å²) in [5, 5.41) is 7.68. The van der Waals surface area contributed by atoms with Crippen LogP contribution in [-0.2, 0) is 6.42 Å². The minimum absolute atomic E-state index is 0.0388. The molecule has 0 saturated heterocycles. The highest BCUT2D eigenvalue weighted by Crippen LogP contribution is 2.27. The molecule has 6 heteroatoms. The normalized spacial score (nSPS) is 20.4. The van der Waals surface area contributed by atoms with Gasteiger partial charge in [-0.2, -0.15) is 11.8 Å². The number of amides is 1. The molecule has 0 spiro atoms. The molecular formula is C19H30N4OS. The van der Waals surface area contributed by atoms with Crippen LogP contribution in [0.5, 0.6) is 0 Å². The maximum absolute atomic E-state index is 12.0. The molecule has 0 aliphatic heterocycles. The van der Waals surface area contributed by atoms with Crippen LogP contribution in [0.4, 0.5) is 0 Å². The van der Waals surface area contributed by atoms with E-state index in [0.29, 0.717) is 6.04 Å². The van der Waals surface area contributed by atoms with Gasteiger partial charge in [-0.05, 0) is 49.6 Å². The Hall–Kier alpha value is -1.69. The third kappa shape index (κ3) is 5.96. The minimum Gasteiger partial charge on any atom is -0.356 e. The molecule has 1 fully saturated rings. The molecule has 0 aromatic heterocycles. The first-order valence-electron chi connectivity index (χ1n) is 8.84. The summed E-state index contributed by atoms with van der Waals surface area (Å²) < 4.78 is 0. The fourth-order valence-electron chi connectivity index (χ4n) is 3.12. The first-order chi connectivity index (χ1) is 12.0. The lowest BCUT2D eigenvalue weighted by molar-refractivity contribution is 0.0827. The van der Waals surface area contributed by atoms with E-state index in [2.05, 4.69) is 27.9 Å². The SMILES string of the molecule is CN=C(NCCc1cccc(C(=O)N(C)C)c1)NC1CCC(SC)C1. The van der Waals surface area contributed by atoms with Crippen molar-refractivity contribution in [3.05, 3.63) is 35.4 Å². The maximum Gasteiger partial charge on any atom is 0.253 e. The summed E-state index contributed by atoms with van der Waals surface area (Å²) in [7, 11) is 5.36. The molecule has 1 aliphatic rings. The lowest BCUT2D eigenvalue weighted by Crippen LogP contribution is -2.43. The van der Waals surface area contributed by atoms with Crippen molar-refractivity contribution in [1.29, 1.82) is 0 Å². The number of thioether (sulfide) groups is 1. The highest BCUT2D eigenvalue weighted by Gasteiger charge is 2.24. The van der Waals surface area contributed by atoms with Gasteiger partial charge in [0.15, 0.2) is 5.96 Å². The van der Waals surface area contributed by atoms with Crippen LogP contribution >= 0.6 is 11.8 Å². The van der Waals surface area contributed by atoms with Crippen LogP contribution < -0.4 is 10.6 Å². The topological polar surface area (TPSA) is 56.7 Å². The van der Waals surface area contributed by atoms with Gasteiger partial charge in [0.1, 0.15) is 0 Å². The van der Waals surface area contributed by atoms with Crippen LogP contribution in [0, 0.1) is 0 Å². The molecule has 1 aromatic carbocycles. The van der Waals surface area contributed by atoms with Gasteiger partial charge in [0.2, 0.25) is 0 Å². The largest absolute Gasteiger partial charge is 0.356 e. The number of nitrogens with zero attached hydrogens (tertiary/aromatic N) is 2. The summed E-state index contributed by atoms with van der Waals surface area (Å²) in [6, 6.07) is 8.36. The van der Waals surface area contributed by atoms with E-state index in [1.54, 1.807) is 19.0 Å². The van der Waals surface area contributed by atoms with Gasteiger partial charge in [0.05, 0.1) is 0 Å². The van der Waals surface area contributed by atoms with Gasteiger partial charge < -0.3 is 15.5 Å². The number of carbonyl (C=O) groups is 1. The fourth-order valence-corrected chi connectivity index (χ4v) is 3.91. The van der Waals surface area contributed by atoms with Gasteiger partial charge in [0, 0.05) is 44.5 Å². The van der Waals surface area contributed by atoms with Crippen LogP contribution in [0.25, 0.3) is 0 Å². The number of benzene rings is 1. The van der Waals surface area contributed by atoms with Gasteiger partial charge in [-0.15, -0.1) is 0 Å². The molecule has 0 heterocycles. The molecule has 1 amide bonds. The Morgan fingerprint density at radius 3 is 2.80 bits per heavy atom. The van der Waals surface area contributed by atoms with Crippen molar-refractivity contribution in [3.8, 4) is 0 Å². The summed E-state index contributed by atoms with van der Waals surface area (Å²) >= 11 is 1.96. The van der Waals surface area contributed by atoms with Crippen LogP contribution in [0.15, 0.2) is 29.3 Å². The first-order valence-corrected chi connectivity index (χ1v) is 10.1. The zero-order valence-corrected chi connectivity index (χ0v) is 16.5. The quantitative estimate of drug-likeness (QED) is 0.603. The number of guanidine groups is 1. The second-order valence-corrected chi connectivity index (χ2v) is 7.80. The minimum atomic E-state index is 0.0388. The highest BCUT2D eigenvalue weighted by molar-refractivity contribution is 7.99. The fraction of sp³-hybridized carbons (Fsp3) is 0.579. The molecule has 1 aromatic rings. The molecule has 2 rings (SSSR count). The zero-order valence-electron chi connectivity index (χ0n) is 15.7. The summed E-state index contributed by atoms with van der Waals surface area (Å²) in [5.41, 5.74) is 1.89. The van der Waals surface area contributed by atoms with Gasteiger partial charge in [-0.1, -0.05) is 12.1 Å². The van der Waals surface area contributed by atoms with Crippen molar-refractivity contribution >= 4 is 23.6 Å². The van der Waals surface area contributed by atoms with Gasteiger partial charge in [0.25, 0.3) is 5.91 Å². The number of hydrogen-bond donors (Lipinski definition) is 2. The maximum atomic E-state index is 12.0. The molecule has 2 N–H and O–H groups in total. The molecule has 138 valence electrons. The van der Waals surface area contributed by atoms with Crippen molar-refractivity contribution < 1.29 is 4.79 Å². The van der Waals surface area contributed by atoms with Crippen molar-refractivity contribution in [3.63, 3.8) is 0 Å². The molecule has 1 saturated carbocycles. The van der Waals surface area contributed by atoms with E-state index in [9.17, 15) is 4.79 Å². The van der Waals surface area contributed by atoms with E-state index in [4.69, 9.17) is 0 Å². The lowest BCUT2D eigenvalue weighted by atomic mass is 10.1. The third-order valence-electron chi connectivity index (χ3n) is 4.57. The van der Waals surface area contributed by atoms with Gasteiger partial charge in [-0.3, -0.25) is 9.79 Å². The van der Waals surface area contributed by atoms with E-state index in [1.165, 1.54) is 19.3 Å². The molecule has 0 radical (unpaired) electrons. The zero-order chi connectivity index (χ0) is 18.2. The van der Waals surface area contributed by atoms with Crippen LogP contribution in [0.1, 0.15) is 35.2 Å². The predicted octanol–water partition coefficient (Wildman–Crippen LogP) is 2.38. The second-order valence-electron chi connectivity index (χ2n) is 6.66. The summed E-state index contributed by atoms with van der Waals surface area (Å²) in [5.74, 6) is 0.907. The second kappa shape index (κ2) is 9.70. The van der Waals surface area contributed by atoms with E-state index >= 15 is 0 Å². The Morgan fingerprint density at radius 2 is 2.16 bits per heavy atom. The smallest absolute Gasteiger partial charge is 0.253 e. The Balaban J connectivity index is 1.81. The van der Waals surface area contributed by atoms with Gasteiger partial charge >= 0.3 is 0 Å². The number of rotatable bonds is 6. The van der Waals surface area contributed by atoms with E-state index in [-0.39, 0.29) is 5.91 Å². The molecule has 2 unspecified atom stereocenters. The Kier molecular flexibility index (Phi) is 7.62. The molecular weight excluding hydrogens is 332 g/mol. The Labute approximate surface area is 155 Å². The van der Waals surface area contributed by atoms with Crippen LogP contribution in [0.3, 0.4) is 0 Å². The average Bonchev–Trinajstić information content (AvgIpc) is 3.08. The number of aliphatic imine (C=N–C) groups is 1. The molecule has 5 nitrogen and oxygen atoms in total. The van der Waals surface area contributed by atoms with Crippen molar-refractivity contribution in [1.82, 2.24) is 15.5 Å². The third-order valence-corrected chi connectivity index (χ3v) is 5.66. The molecule has 25 heavy (non-hydrogen) atoms.